The van der Waals surface area contributed by atoms with Crippen molar-refractivity contribution in [1.29, 1.82) is 0 Å². The lowest BCUT2D eigenvalue weighted by Crippen LogP contribution is -2.40. The molecule has 1 aliphatic carbocycles. The maximum atomic E-state index is 5.80. The quantitative estimate of drug-likeness (QED) is 0.886. The van der Waals surface area contributed by atoms with Crippen molar-refractivity contribution >= 4 is 17.8 Å². The summed E-state index contributed by atoms with van der Waals surface area (Å²) in [4.78, 5) is 17.1. The summed E-state index contributed by atoms with van der Waals surface area (Å²) in [6, 6.07) is 0. The summed E-state index contributed by atoms with van der Waals surface area (Å²) in [6.45, 7) is 2.08. The maximum absolute atomic E-state index is 5.80. The minimum atomic E-state index is 0.305. The Morgan fingerprint density at radius 3 is 2.25 bits per heavy atom. The summed E-state index contributed by atoms with van der Waals surface area (Å²) in [7, 11) is 3.84. The number of nitrogen functional groups attached to an aromatic ring is 1. The van der Waals surface area contributed by atoms with Gasteiger partial charge in [0, 0.05) is 27.2 Å². The molecule has 20 heavy (non-hydrogen) atoms. The van der Waals surface area contributed by atoms with E-state index in [4.69, 9.17) is 5.73 Å². The highest BCUT2D eigenvalue weighted by Gasteiger charge is 2.37. The van der Waals surface area contributed by atoms with Crippen LogP contribution in [0.4, 0.5) is 17.8 Å². The smallest absolute Gasteiger partial charge is 0.231 e. The molecule has 2 fully saturated rings. The number of anilines is 3. The van der Waals surface area contributed by atoms with Crippen molar-refractivity contribution in [2.45, 2.75) is 38.5 Å². The molecule has 1 saturated carbocycles. The van der Waals surface area contributed by atoms with Crippen LogP contribution in [0.1, 0.15) is 38.5 Å². The minimum absolute atomic E-state index is 0.305. The van der Waals surface area contributed by atoms with Gasteiger partial charge in [0.05, 0.1) is 0 Å². The molecular formula is C14H24N6. The summed E-state index contributed by atoms with van der Waals surface area (Å²) < 4.78 is 0. The fraction of sp³-hybridized carbons (Fsp3) is 0.786. The van der Waals surface area contributed by atoms with E-state index in [0.29, 0.717) is 17.3 Å². The standard InChI is InChI=1S/C14H24N6/c1-19(2)12-16-11(15)17-13(18-12)20-9-7-14(8-10-20)5-3-4-6-14/h3-10H2,1-2H3,(H2,15,16,17,18). The van der Waals surface area contributed by atoms with Crippen LogP contribution < -0.4 is 15.5 Å². The van der Waals surface area contributed by atoms with Gasteiger partial charge in [-0.05, 0) is 31.1 Å². The van der Waals surface area contributed by atoms with Crippen LogP contribution in [0.25, 0.3) is 0 Å². The summed E-state index contributed by atoms with van der Waals surface area (Å²) in [5.41, 5.74) is 6.41. The zero-order chi connectivity index (χ0) is 14.2. The highest BCUT2D eigenvalue weighted by atomic mass is 15.3. The van der Waals surface area contributed by atoms with Gasteiger partial charge < -0.3 is 15.5 Å². The third-order valence-corrected chi connectivity index (χ3v) is 4.80. The third-order valence-electron chi connectivity index (χ3n) is 4.80. The van der Waals surface area contributed by atoms with E-state index in [2.05, 4.69) is 19.9 Å². The summed E-state index contributed by atoms with van der Waals surface area (Å²) in [5, 5.41) is 0. The van der Waals surface area contributed by atoms with Crippen molar-refractivity contribution in [1.82, 2.24) is 15.0 Å². The Hall–Kier alpha value is -1.59. The Morgan fingerprint density at radius 2 is 1.65 bits per heavy atom. The van der Waals surface area contributed by atoms with Gasteiger partial charge in [0.1, 0.15) is 0 Å². The van der Waals surface area contributed by atoms with Crippen molar-refractivity contribution in [3.8, 4) is 0 Å². The van der Waals surface area contributed by atoms with E-state index in [0.717, 1.165) is 19.0 Å². The summed E-state index contributed by atoms with van der Waals surface area (Å²) in [6.07, 6.45) is 8.14. The molecule has 0 amide bonds. The van der Waals surface area contributed by atoms with Gasteiger partial charge in [0.25, 0.3) is 0 Å². The van der Waals surface area contributed by atoms with Gasteiger partial charge in [-0.2, -0.15) is 15.0 Å². The van der Waals surface area contributed by atoms with Gasteiger partial charge in [-0.1, -0.05) is 12.8 Å². The van der Waals surface area contributed by atoms with Gasteiger partial charge in [-0.3, -0.25) is 0 Å². The van der Waals surface area contributed by atoms with Crippen LogP contribution in [-0.2, 0) is 0 Å². The highest BCUT2D eigenvalue weighted by Crippen LogP contribution is 2.46. The molecule has 0 unspecified atom stereocenters. The number of nitrogens with zero attached hydrogens (tertiary/aromatic N) is 5. The zero-order valence-electron chi connectivity index (χ0n) is 12.5. The van der Waals surface area contributed by atoms with Crippen molar-refractivity contribution < 1.29 is 0 Å². The Morgan fingerprint density at radius 1 is 1.00 bits per heavy atom. The SMILES string of the molecule is CN(C)c1nc(N)nc(N2CCC3(CCCC3)CC2)n1. The Labute approximate surface area is 120 Å². The van der Waals surface area contributed by atoms with Crippen LogP contribution in [0.2, 0.25) is 0 Å². The molecule has 6 nitrogen and oxygen atoms in total. The van der Waals surface area contributed by atoms with Gasteiger partial charge in [0.2, 0.25) is 17.8 Å². The Bertz CT molecular complexity index is 471. The highest BCUT2D eigenvalue weighted by molar-refractivity contribution is 5.43. The normalized spacial score (nSPS) is 21.4. The predicted octanol–water partition coefficient (Wildman–Crippen LogP) is 1.68. The average molecular weight is 276 g/mol. The molecule has 1 saturated heterocycles. The first kappa shape index (κ1) is 13.4. The lowest BCUT2D eigenvalue weighted by molar-refractivity contribution is 0.225. The van der Waals surface area contributed by atoms with Gasteiger partial charge >= 0.3 is 0 Å². The summed E-state index contributed by atoms with van der Waals surface area (Å²) >= 11 is 0. The second kappa shape index (κ2) is 5.07. The number of hydrogen-bond donors (Lipinski definition) is 1. The minimum Gasteiger partial charge on any atom is -0.368 e. The van der Waals surface area contributed by atoms with Crippen LogP contribution >= 0.6 is 0 Å². The van der Waals surface area contributed by atoms with Crippen LogP contribution in [0, 0.1) is 5.41 Å². The van der Waals surface area contributed by atoms with Crippen molar-refractivity contribution in [3.63, 3.8) is 0 Å². The first-order valence-corrected chi connectivity index (χ1v) is 7.52. The average Bonchev–Trinajstić information content (AvgIpc) is 2.87. The molecule has 0 aromatic carbocycles. The molecule has 6 heteroatoms. The van der Waals surface area contributed by atoms with E-state index >= 15 is 0 Å². The molecule has 3 rings (SSSR count). The molecule has 0 atom stereocenters. The second-order valence-corrected chi connectivity index (χ2v) is 6.38. The van der Waals surface area contributed by atoms with E-state index in [1.807, 2.05) is 19.0 Å². The topological polar surface area (TPSA) is 71.2 Å². The molecule has 2 aliphatic rings. The molecule has 0 radical (unpaired) electrons. The fourth-order valence-corrected chi connectivity index (χ4v) is 3.52. The molecule has 1 aliphatic heterocycles. The number of aromatic nitrogens is 3. The molecule has 1 aromatic rings. The number of rotatable bonds is 2. The predicted molar refractivity (Wildman–Crippen MR) is 80.9 cm³/mol. The van der Waals surface area contributed by atoms with Crippen molar-refractivity contribution in [2.24, 2.45) is 5.41 Å². The van der Waals surface area contributed by atoms with E-state index < -0.39 is 0 Å². The van der Waals surface area contributed by atoms with Crippen LogP contribution in [0.5, 0.6) is 0 Å². The molecule has 0 bridgehead atoms. The lowest BCUT2D eigenvalue weighted by atomic mass is 9.77. The Kier molecular flexibility index (Phi) is 3.40. The Balaban J connectivity index is 1.74. The van der Waals surface area contributed by atoms with Gasteiger partial charge in [0.15, 0.2) is 0 Å². The summed E-state index contributed by atoms with van der Waals surface area (Å²) in [5.74, 6) is 1.67. The van der Waals surface area contributed by atoms with Crippen molar-refractivity contribution in [3.05, 3.63) is 0 Å². The third kappa shape index (κ3) is 2.51. The van der Waals surface area contributed by atoms with E-state index in [-0.39, 0.29) is 0 Å². The molecule has 2 N–H and O–H groups in total. The largest absolute Gasteiger partial charge is 0.368 e. The number of piperidine rings is 1. The van der Waals surface area contributed by atoms with Crippen LogP contribution in [-0.4, -0.2) is 42.1 Å². The molecule has 2 heterocycles. The molecular weight excluding hydrogens is 252 g/mol. The van der Waals surface area contributed by atoms with Gasteiger partial charge in [-0.25, -0.2) is 0 Å². The van der Waals surface area contributed by atoms with Crippen LogP contribution in [0.15, 0.2) is 0 Å². The first-order valence-electron chi connectivity index (χ1n) is 7.52. The van der Waals surface area contributed by atoms with E-state index in [9.17, 15) is 0 Å². The molecule has 1 spiro atoms. The van der Waals surface area contributed by atoms with Gasteiger partial charge in [-0.15, -0.1) is 0 Å². The molecule has 1 aromatic heterocycles. The van der Waals surface area contributed by atoms with E-state index in [1.165, 1.54) is 38.5 Å². The van der Waals surface area contributed by atoms with E-state index in [1.54, 1.807) is 0 Å². The number of nitrogens with two attached hydrogens (primary N) is 1. The monoisotopic (exact) mass is 276 g/mol. The zero-order valence-corrected chi connectivity index (χ0v) is 12.5. The van der Waals surface area contributed by atoms with Crippen molar-refractivity contribution in [2.75, 3.05) is 42.7 Å². The number of hydrogen-bond acceptors (Lipinski definition) is 6. The first-order chi connectivity index (χ1) is 9.58. The van der Waals surface area contributed by atoms with Crippen LogP contribution in [0.3, 0.4) is 0 Å². The second-order valence-electron chi connectivity index (χ2n) is 6.38. The maximum Gasteiger partial charge on any atom is 0.231 e. The fourth-order valence-electron chi connectivity index (χ4n) is 3.52. The molecule has 110 valence electrons. The lowest BCUT2D eigenvalue weighted by Gasteiger charge is -2.39.